The quantitative estimate of drug-likeness (QED) is 0.748. The first kappa shape index (κ1) is 12.8. The molecule has 0 aliphatic carbocycles. The molecule has 1 aliphatic rings. The van der Waals surface area contributed by atoms with Crippen LogP contribution in [-0.4, -0.2) is 26.6 Å². The van der Waals surface area contributed by atoms with Gasteiger partial charge in [-0.2, -0.15) is 0 Å². The molecular formula is C11H15N3O3S. The second-order valence-corrected chi connectivity index (χ2v) is 6.12. The Bertz CT molecular complexity index is 571. The summed E-state index contributed by atoms with van der Waals surface area (Å²) in [6.07, 6.45) is 0.185. The van der Waals surface area contributed by atoms with E-state index in [1.807, 2.05) is 0 Å². The lowest BCUT2D eigenvalue weighted by atomic mass is 10.1. The Labute approximate surface area is 106 Å². The van der Waals surface area contributed by atoms with Gasteiger partial charge in [-0.3, -0.25) is 4.79 Å². The van der Waals surface area contributed by atoms with E-state index in [1.54, 1.807) is 24.3 Å². The Morgan fingerprint density at radius 2 is 2.00 bits per heavy atom. The number of primary sulfonamides is 1. The molecule has 7 heteroatoms. The Morgan fingerprint density at radius 3 is 2.61 bits per heavy atom. The number of benzene rings is 1. The highest BCUT2D eigenvalue weighted by Gasteiger charge is 2.33. The maximum Gasteiger partial charge on any atom is 0.227 e. The molecule has 0 radical (unpaired) electrons. The zero-order chi connectivity index (χ0) is 13.3. The van der Waals surface area contributed by atoms with Gasteiger partial charge in [0.05, 0.1) is 17.1 Å². The number of amides is 1. The Balaban J connectivity index is 2.18. The van der Waals surface area contributed by atoms with Gasteiger partial charge in [-0.25, -0.2) is 13.6 Å². The highest BCUT2D eigenvalue weighted by atomic mass is 32.2. The van der Waals surface area contributed by atoms with Crippen molar-refractivity contribution in [3.8, 4) is 0 Å². The van der Waals surface area contributed by atoms with Gasteiger partial charge in [0.25, 0.3) is 0 Å². The third-order valence-corrected chi connectivity index (χ3v) is 3.84. The summed E-state index contributed by atoms with van der Waals surface area (Å²) < 4.78 is 22.1. The summed E-state index contributed by atoms with van der Waals surface area (Å²) in [6, 6.07) is 7.01. The first-order chi connectivity index (χ1) is 8.37. The van der Waals surface area contributed by atoms with E-state index in [0.29, 0.717) is 17.9 Å². The molecule has 1 saturated heterocycles. The Hall–Kier alpha value is -1.60. The van der Waals surface area contributed by atoms with Crippen LogP contribution in [0.4, 0.5) is 11.4 Å². The van der Waals surface area contributed by atoms with Crippen molar-refractivity contribution < 1.29 is 13.2 Å². The van der Waals surface area contributed by atoms with Crippen LogP contribution in [0, 0.1) is 5.92 Å². The fraction of sp³-hybridized carbons (Fsp3) is 0.364. The van der Waals surface area contributed by atoms with E-state index in [4.69, 9.17) is 10.9 Å². The number of para-hydroxylation sites is 2. The number of anilines is 2. The molecule has 1 aliphatic heterocycles. The van der Waals surface area contributed by atoms with Crippen LogP contribution in [0.2, 0.25) is 0 Å². The van der Waals surface area contributed by atoms with Crippen LogP contribution in [-0.2, 0) is 14.8 Å². The minimum Gasteiger partial charge on any atom is -0.397 e. The van der Waals surface area contributed by atoms with Gasteiger partial charge in [0.2, 0.25) is 15.9 Å². The summed E-state index contributed by atoms with van der Waals surface area (Å²) in [4.78, 5) is 13.4. The normalized spacial score (nSPS) is 20.4. The van der Waals surface area contributed by atoms with Crippen molar-refractivity contribution >= 4 is 27.3 Å². The van der Waals surface area contributed by atoms with Gasteiger partial charge in [-0.1, -0.05) is 12.1 Å². The van der Waals surface area contributed by atoms with Crippen LogP contribution in [0.25, 0.3) is 0 Å². The third kappa shape index (κ3) is 2.80. The van der Waals surface area contributed by atoms with Gasteiger partial charge >= 0.3 is 0 Å². The van der Waals surface area contributed by atoms with Crippen LogP contribution in [0.5, 0.6) is 0 Å². The van der Waals surface area contributed by atoms with Crippen molar-refractivity contribution in [2.45, 2.75) is 6.42 Å². The number of hydrogen-bond donors (Lipinski definition) is 2. The van der Waals surface area contributed by atoms with E-state index >= 15 is 0 Å². The maximum absolute atomic E-state index is 11.9. The molecule has 1 amide bonds. The number of rotatable bonds is 3. The number of carbonyl (C=O) groups excluding carboxylic acids is 1. The molecule has 1 heterocycles. The van der Waals surface area contributed by atoms with E-state index in [2.05, 4.69) is 0 Å². The average molecular weight is 269 g/mol. The van der Waals surface area contributed by atoms with Crippen LogP contribution in [0.15, 0.2) is 24.3 Å². The molecule has 98 valence electrons. The minimum absolute atomic E-state index is 0.124. The zero-order valence-corrected chi connectivity index (χ0v) is 10.6. The summed E-state index contributed by atoms with van der Waals surface area (Å²) in [7, 11) is -3.56. The average Bonchev–Trinajstić information content (AvgIpc) is 2.57. The van der Waals surface area contributed by atoms with Crippen LogP contribution < -0.4 is 15.8 Å². The molecule has 1 unspecified atom stereocenters. The van der Waals surface area contributed by atoms with E-state index in [9.17, 15) is 13.2 Å². The first-order valence-electron chi connectivity index (χ1n) is 5.52. The smallest absolute Gasteiger partial charge is 0.227 e. The number of nitrogens with zero attached hydrogens (tertiary/aromatic N) is 1. The number of sulfonamides is 1. The van der Waals surface area contributed by atoms with Gasteiger partial charge in [-0.15, -0.1) is 0 Å². The lowest BCUT2D eigenvalue weighted by Gasteiger charge is -2.18. The standard InChI is InChI=1S/C11H15N3O3S/c12-9-3-1-2-4-10(9)14-6-8(5-11(14)15)7-18(13,16)17/h1-4,8H,5-7,12H2,(H2,13,16,17). The molecule has 1 fully saturated rings. The zero-order valence-electron chi connectivity index (χ0n) is 9.74. The Kier molecular flexibility index (Phi) is 3.27. The Morgan fingerprint density at radius 1 is 1.33 bits per heavy atom. The van der Waals surface area contributed by atoms with E-state index in [0.717, 1.165) is 0 Å². The molecule has 0 saturated carbocycles. The summed E-state index contributed by atoms with van der Waals surface area (Å²) in [5.41, 5.74) is 6.92. The molecule has 6 nitrogen and oxygen atoms in total. The van der Waals surface area contributed by atoms with Gasteiger partial charge in [0.15, 0.2) is 0 Å². The van der Waals surface area contributed by atoms with Crippen molar-refractivity contribution in [3.05, 3.63) is 24.3 Å². The lowest BCUT2D eigenvalue weighted by Crippen LogP contribution is -2.28. The molecule has 1 aromatic rings. The van der Waals surface area contributed by atoms with Gasteiger partial charge in [0, 0.05) is 18.9 Å². The SMILES string of the molecule is Nc1ccccc1N1CC(CS(N)(=O)=O)CC1=O. The molecule has 2 rings (SSSR count). The second-order valence-electron chi connectivity index (χ2n) is 4.46. The van der Waals surface area contributed by atoms with Crippen molar-refractivity contribution in [1.82, 2.24) is 0 Å². The highest BCUT2D eigenvalue weighted by Crippen LogP contribution is 2.29. The summed E-state index contributed by atoms with van der Waals surface area (Å²) >= 11 is 0. The molecule has 0 aromatic heterocycles. The second kappa shape index (κ2) is 4.58. The van der Waals surface area contributed by atoms with Crippen molar-refractivity contribution in [3.63, 3.8) is 0 Å². The summed E-state index contributed by atoms with van der Waals surface area (Å²) in [6.45, 7) is 0.337. The number of carbonyl (C=O) groups is 1. The molecule has 0 spiro atoms. The summed E-state index contributed by atoms with van der Waals surface area (Å²) in [5, 5.41) is 4.99. The predicted molar refractivity (Wildman–Crippen MR) is 69.3 cm³/mol. The number of nitrogens with two attached hydrogens (primary N) is 2. The topological polar surface area (TPSA) is 106 Å². The maximum atomic E-state index is 11.9. The van der Waals surface area contributed by atoms with Crippen molar-refractivity contribution in [1.29, 1.82) is 0 Å². The number of hydrogen-bond acceptors (Lipinski definition) is 4. The van der Waals surface area contributed by atoms with Crippen LogP contribution in [0.3, 0.4) is 0 Å². The summed E-state index contributed by atoms with van der Waals surface area (Å²) in [5.74, 6) is -0.573. The van der Waals surface area contributed by atoms with Crippen molar-refractivity contribution in [2.24, 2.45) is 11.1 Å². The van der Waals surface area contributed by atoms with Gasteiger partial charge in [0.1, 0.15) is 0 Å². The van der Waals surface area contributed by atoms with E-state index in [-0.39, 0.29) is 24.0 Å². The molecule has 0 bridgehead atoms. The fourth-order valence-electron chi connectivity index (χ4n) is 2.19. The first-order valence-corrected chi connectivity index (χ1v) is 7.24. The monoisotopic (exact) mass is 269 g/mol. The number of nitrogen functional groups attached to an aromatic ring is 1. The third-order valence-electron chi connectivity index (χ3n) is 2.90. The van der Waals surface area contributed by atoms with E-state index < -0.39 is 10.0 Å². The van der Waals surface area contributed by atoms with Crippen LogP contribution >= 0.6 is 0 Å². The van der Waals surface area contributed by atoms with Gasteiger partial charge in [-0.05, 0) is 12.1 Å². The lowest BCUT2D eigenvalue weighted by molar-refractivity contribution is -0.117. The minimum atomic E-state index is -3.56. The largest absolute Gasteiger partial charge is 0.397 e. The van der Waals surface area contributed by atoms with Gasteiger partial charge < -0.3 is 10.6 Å². The molecule has 1 aromatic carbocycles. The molecule has 4 N–H and O–H groups in total. The van der Waals surface area contributed by atoms with Crippen LogP contribution in [0.1, 0.15) is 6.42 Å². The highest BCUT2D eigenvalue weighted by molar-refractivity contribution is 7.89. The molecule has 1 atom stereocenters. The fourth-order valence-corrected chi connectivity index (χ4v) is 3.07. The van der Waals surface area contributed by atoms with E-state index in [1.165, 1.54) is 4.90 Å². The van der Waals surface area contributed by atoms with Crippen molar-refractivity contribution in [2.75, 3.05) is 22.9 Å². The molecule has 18 heavy (non-hydrogen) atoms. The predicted octanol–water partition coefficient (Wildman–Crippen LogP) is -0.0898. The molecular weight excluding hydrogens is 254 g/mol.